The molecule has 0 fully saturated rings. The fraction of sp³-hybridized carbons (Fsp3) is 0.475. The van der Waals surface area contributed by atoms with Crippen LogP contribution in [0.4, 0.5) is 0 Å². The maximum absolute atomic E-state index is 13.9. The van der Waals surface area contributed by atoms with E-state index in [1.807, 2.05) is 0 Å². The first-order valence-electron chi connectivity index (χ1n) is 18.7. The fourth-order valence-corrected chi connectivity index (χ4v) is 11.9. The average molecular weight is 1310 g/mol. The van der Waals surface area contributed by atoms with Gasteiger partial charge in [-0.05, 0) is 115 Å². The largest absolute Gasteiger partial charge is 0.480 e. The first-order chi connectivity index (χ1) is 27.3. The van der Waals surface area contributed by atoms with E-state index >= 15 is 0 Å². The summed E-state index contributed by atoms with van der Waals surface area (Å²) in [5, 5.41) is -0.272. The summed E-state index contributed by atoms with van der Waals surface area (Å²) in [6, 6.07) is 3.49. The standard InChI is InChI=1S/C40H40Cl4I4O9/c1-3-5-7-9-11-13-15-52-25(49)19-54-37-23(45)17-21-35(33(37)47)56-36-22(40(21)28-27(39(51)57-40)29(41)31(43)32(44)30(28)42)18-24(46)38(34(36)48)55-20-26(50)53-16-14-12-10-8-6-4-2/h17-18H,3-16,19-20H2,1-2H3. The Labute approximate surface area is 407 Å². The second-order valence-electron chi connectivity index (χ2n) is 13.5. The third kappa shape index (κ3) is 10.6. The number of ether oxygens (including phenoxy) is 6. The maximum atomic E-state index is 13.9. The van der Waals surface area contributed by atoms with E-state index in [1.54, 1.807) is 12.1 Å². The molecule has 310 valence electrons. The van der Waals surface area contributed by atoms with Crippen LogP contribution < -0.4 is 14.2 Å². The first kappa shape index (κ1) is 47.6. The summed E-state index contributed by atoms with van der Waals surface area (Å²) in [5.74, 6) is -0.526. The number of hydrogen-bond acceptors (Lipinski definition) is 9. The molecule has 57 heavy (non-hydrogen) atoms. The number of esters is 3. The minimum atomic E-state index is -1.73. The molecule has 0 saturated heterocycles. The molecular formula is C40H40Cl4I4O9. The molecule has 0 aromatic heterocycles. The normalized spacial score (nSPS) is 13.4. The van der Waals surface area contributed by atoms with Gasteiger partial charge in [-0.2, -0.15) is 0 Å². The van der Waals surface area contributed by atoms with E-state index < -0.39 is 23.5 Å². The van der Waals surface area contributed by atoms with E-state index in [1.165, 1.54) is 38.5 Å². The van der Waals surface area contributed by atoms with Gasteiger partial charge in [0.25, 0.3) is 0 Å². The lowest BCUT2D eigenvalue weighted by Gasteiger charge is -2.38. The Hall–Kier alpha value is -0.450. The summed E-state index contributed by atoms with van der Waals surface area (Å²) < 4.78 is 38.3. The molecule has 1 spiro atoms. The Morgan fingerprint density at radius 1 is 0.632 bits per heavy atom. The van der Waals surface area contributed by atoms with Crippen molar-refractivity contribution >= 4 is 155 Å². The number of hydrogen-bond donors (Lipinski definition) is 0. The van der Waals surface area contributed by atoms with Crippen LogP contribution >= 0.6 is 137 Å². The molecule has 2 aliphatic rings. The predicted octanol–water partition coefficient (Wildman–Crippen LogP) is 13.9. The van der Waals surface area contributed by atoms with Crippen molar-refractivity contribution < 1.29 is 42.8 Å². The molecule has 0 N–H and O–H groups in total. The highest BCUT2D eigenvalue weighted by Crippen LogP contribution is 2.63. The number of halogens is 8. The minimum Gasteiger partial charge on any atom is -0.480 e. The summed E-state index contributed by atoms with van der Waals surface area (Å²) >= 11 is 35.1. The third-order valence-corrected chi connectivity index (χ3v) is 14.8. The lowest BCUT2D eigenvalue weighted by Crippen LogP contribution is -2.34. The molecule has 5 rings (SSSR count). The van der Waals surface area contributed by atoms with E-state index in [4.69, 9.17) is 74.8 Å². The molecule has 0 unspecified atom stereocenters. The predicted molar refractivity (Wildman–Crippen MR) is 255 cm³/mol. The van der Waals surface area contributed by atoms with Crippen molar-refractivity contribution in [2.75, 3.05) is 26.4 Å². The molecule has 0 saturated carbocycles. The van der Waals surface area contributed by atoms with Crippen molar-refractivity contribution in [3.63, 3.8) is 0 Å². The molecular weight excluding hydrogens is 1270 g/mol. The SMILES string of the molecule is CCCCCCCCOC(=O)COc1c(I)cc2c(c1I)Oc1c(cc(I)c(OCC(=O)OCCCCCCCC)c1I)C21OC(=O)c2c(Cl)c(Cl)c(Cl)c(Cl)c21. The van der Waals surface area contributed by atoms with E-state index in [0.717, 1.165) is 38.5 Å². The topological polar surface area (TPSA) is 107 Å². The smallest absolute Gasteiger partial charge is 0.344 e. The number of benzene rings is 3. The van der Waals surface area contributed by atoms with Gasteiger partial charge < -0.3 is 28.4 Å². The zero-order valence-electron chi connectivity index (χ0n) is 31.2. The van der Waals surface area contributed by atoms with Gasteiger partial charge >= 0.3 is 17.9 Å². The average Bonchev–Trinajstić information content (AvgIpc) is 3.49. The molecule has 2 heterocycles. The Morgan fingerprint density at radius 3 is 1.51 bits per heavy atom. The van der Waals surface area contributed by atoms with E-state index in [2.05, 4.69) is 104 Å². The van der Waals surface area contributed by atoms with Crippen molar-refractivity contribution in [1.82, 2.24) is 0 Å². The van der Waals surface area contributed by atoms with Crippen LogP contribution in [0.1, 0.15) is 118 Å². The van der Waals surface area contributed by atoms with Crippen molar-refractivity contribution in [2.24, 2.45) is 0 Å². The molecule has 0 aliphatic carbocycles. The summed E-state index contributed by atoms with van der Waals surface area (Å²) in [6.45, 7) is 4.30. The molecule has 2 aliphatic heterocycles. The molecule has 0 bridgehead atoms. The van der Waals surface area contributed by atoms with Gasteiger partial charge in [0.05, 0.1) is 64.3 Å². The van der Waals surface area contributed by atoms with Gasteiger partial charge in [-0.25, -0.2) is 14.4 Å². The van der Waals surface area contributed by atoms with Crippen LogP contribution in [0, 0.1) is 14.3 Å². The van der Waals surface area contributed by atoms with Crippen LogP contribution in [0.15, 0.2) is 12.1 Å². The van der Waals surface area contributed by atoms with Gasteiger partial charge in [-0.15, -0.1) is 0 Å². The zero-order chi connectivity index (χ0) is 41.4. The van der Waals surface area contributed by atoms with Crippen molar-refractivity contribution in [2.45, 2.75) is 96.5 Å². The number of rotatable bonds is 20. The van der Waals surface area contributed by atoms with Crippen LogP contribution in [0.5, 0.6) is 23.0 Å². The Bertz CT molecular complexity index is 1920. The highest BCUT2D eigenvalue weighted by Gasteiger charge is 2.58. The highest BCUT2D eigenvalue weighted by atomic mass is 127. The molecule has 3 aromatic rings. The highest BCUT2D eigenvalue weighted by molar-refractivity contribution is 14.1. The van der Waals surface area contributed by atoms with Crippen molar-refractivity contribution in [1.29, 1.82) is 0 Å². The van der Waals surface area contributed by atoms with Gasteiger partial charge in [0, 0.05) is 5.56 Å². The van der Waals surface area contributed by atoms with E-state index in [9.17, 15) is 14.4 Å². The Kier molecular flexibility index (Phi) is 18.4. The summed E-state index contributed by atoms with van der Waals surface area (Å²) in [4.78, 5) is 39.4. The summed E-state index contributed by atoms with van der Waals surface area (Å²) in [7, 11) is 0. The molecule has 0 radical (unpaired) electrons. The summed E-state index contributed by atoms with van der Waals surface area (Å²) in [5.41, 5.74) is -0.761. The fourth-order valence-electron chi connectivity index (χ4n) is 6.66. The van der Waals surface area contributed by atoms with Crippen LogP contribution in [0.2, 0.25) is 20.1 Å². The number of carbonyl (C=O) groups excluding carboxylic acids is 3. The lowest BCUT2D eigenvalue weighted by atomic mass is 9.77. The van der Waals surface area contributed by atoms with E-state index in [-0.39, 0.29) is 55.9 Å². The monoisotopic (exact) mass is 1310 g/mol. The number of carbonyl (C=O) groups is 3. The number of unbranched alkanes of at least 4 members (excludes halogenated alkanes) is 10. The molecule has 17 heteroatoms. The number of fused-ring (bicyclic) bond motifs is 6. The molecule has 0 atom stereocenters. The molecule has 0 amide bonds. The molecule has 3 aromatic carbocycles. The quantitative estimate of drug-likeness (QED) is 0.0273. The first-order valence-corrected chi connectivity index (χ1v) is 24.5. The summed E-state index contributed by atoms with van der Waals surface area (Å²) in [6.07, 6.45) is 12.8. The van der Waals surface area contributed by atoms with Gasteiger partial charge in [-0.3, -0.25) is 0 Å². The Balaban J connectivity index is 1.49. The van der Waals surface area contributed by atoms with Crippen molar-refractivity contribution in [3.05, 3.63) is 68.8 Å². The molecule has 9 nitrogen and oxygen atoms in total. The van der Waals surface area contributed by atoms with Crippen LogP contribution in [0.3, 0.4) is 0 Å². The minimum absolute atomic E-state index is 0.0254. The van der Waals surface area contributed by atoms with Gasteiger partial charge in [0.15, 0.2) is 41.8 Å². The lowest BCUT2D eigenvalue weighted by molar-refractivity contribution is -0.147. The van der Waals surface area contributed by atoms with Gasteiger partial charge in [0.1, 0.15) is 0 Å². The van der Waals surface area contributed by atoms with Gasteiger partial charge in [0.2, 0.25) is 0 Å². The second kappa shape index (κ2) is 22.1. The van der Waals surface area contributed by atoms with Crippen LogP contribution in [0.25, 0.3) is 0 Å². The third-order valence-electron chi connectivity index (χ3n) is 9.48. The van der Waals surface area contributed by atoms with Crippen LogP contribution in [-0.4, -0.2) is 44.3 Å². The van der Waals surface area contributed by atoms with Gasteiger partial charge in [-0.1, -0.05) is 124 Å². The maximum Gasteiger partial charge on any atom is 0.344 e. The zero-order valence-corrected chi connectivity index (χ0v) is 42.8. The van der Waals surface area contributed by atoms with E-state index in [0.29, 0.717) is 50.1 Å². The van der Waals surface area contributed by atoms with Crippen LogP contribution in [-0.2, 0) is 29.4 Å². The second-order valence-corrected chi connectivity index (χ2v) is 19.5. The van der Waals surface area contributed by atoms with Crippen molar-refractivity contribution in [3.8, 4) is 23.0 Å². The Morgan fingerprint density at radius 2 is 1.05 bits per heavy atom.